The van der Waals surface area contributed by atoms with Crippen molar-refractivity contribution in [1.29, 1.82) is 0 Å². The van der Waals surface area contributed by atoms with Crippen LogP contribution in [-0.2, 0) is 4.79 Å². The number of benzene rings is 1. The number of hydrogen-bond donors (Lipinski definition) is 2. The van der Waals surface area contributed by atoms with E-state index in [0.29, 0.717) is 23.6 Å². The van der Waals surface area contributed by atoms with Crippen LogP contribution in [0, 0.1) is 0 Å². The Balaban J connectivity index is 1.48. The van der Waals surface area contributed by atoms with Crippen LogP contribution < -0.4 is 10.1 Å². The number of likely N-dealkylation sites (N-methyl/N-ethyl adjacent to an activating group) is 1. The van der Waals surface area contributed by atoms with E-state index >= 15 is 0 Å². The van der Waals surface area contributed by atoms with E-state index in [0.717, 1.165) is 12.8 Å². The Bertz CT molecular complexity index is 774. The highest BCUT2D eigenvalue weighted by atomic mass is 16.5. The van der Waals surface area contributed by atoms with Gasteiger partial charge in [0.15, 0.2) is 0 Å². The van der Waals surface area contributed by atoms with Crippen LogP contribution in [0.4, 0.5) is 0 Å². The van der Waals surface area contributed by atoms with E-state index in [9.17, 15) is 9.59 Å². The average Bonchev–Trinajstić information content (AvgIpc) is 2.64. The van der Waals surface area contributed by atoms with Crippen molar-refractivity contribution in [2.45, 2.75) is 31.8 Å². The van der Waals surface area contributed by atoms with Crippen LogP contribution in [0.5, 0.6) is 11.5 Å². The molecule has 1 fully saturated rings. The van der Waals surface area contributed by atoms with Gasteiger partial charge >= 0.3 is 5.97 Å². The molecule has 1 aromatic heterocycles. The van der Waals surface area contributed by atoms with Gasteiger partial charge in [-0.2, -0.15) is 0 Å². The van der Waals surface area contributed by atoms with E-state index in [-0.39, 0.29) is 24.5 Å². The lowest BCUT2D eigenvalue weighted by Crippen LogP contribution is -2.54. The molecule has 0 saturated heterocycles. The summed E-state index contributed by atoms with van der Waals surface area (Å²) in [7, 11) is 0. The van der Waals surface area contributed by atoms with Gasteiger partial charge in [0, 0.05) is 23.8 Å². The van der Waals surface area contributed by atoms with Crippen molar-refractivity contribution < 1.29 is 19.4 Å². The van der Waals surface area contributed by atoms with Crippen LogP contribution >= 0.6 is 0 Å². The minimum Gasteiger partial charge on any atom is -0.480 e. The number of ether oxygens (including phenoxy) is 1. The lowest BCUT2D eigenvalue weighted by Gasteiger charge is -2.42. The van der Waals surface area contributed by atoms with Gasteiger partial charge in [-0.1, -0.05) is 6.92 Å². The van der Waals surface area contributed by atoms with E-state index < -0.39 is 5.97 Å². The third kappa shape index (κ3) is 5.04. The highest BCUT2D eigenvalue weighted by Crippen LogP contribution is 2.26. The topological polar surface area (TPSA) is 91.8 Å². The largest absolute Gasteiger partial charge is 0.480 e. The minimum absolute atomic E-state index is 0.0419. The van der Waals surface area contributed by atoms with Gasteiger partial charge in [0.25, 0.3) is 5.91 Å². The molecular weight excluding hydrogens is 346 g/mol. The third-order valence-electron chi connectivity index (χ3n) is 4.70. The van der Waals surface area contributed by atoms with E-state index in [1.165, 1.54) is 0 Å². The zero-order valence-corrected chi connectivity index (χ0v) is 15.2. The van der Waals surface area contributed by atoms with Gasteiger partial charge in [-0.25, -0.2) is 0 Å². The van der Waals surface area contributed by atoms with Crippen LogP contribution in [-0.4, -0.2) is 52.0 Å². The molecule has 0 aliphatic heterocycles. The van der Waals surface area contributed by atoms with Crippen molar-refractivity contribution in [3.05, 3.63) is 54.4 Å². The normalized spacial score (nSPS) is 18.6. The molecule has 1 aromatic carbocycles. The quantitative estimate of drug-likeness (QED) is 0.743. The number of nitrogens with zero attached hydrogens (tertiary/aromatic N) is 2. The summed E-state index contributed by atoms with van der Waals surface area (Å²) >= 11 is 0. The smallest absolute Gasteiger partial charge is 0.317 e. The molecule has 2 aromatic rings. The predicted molar refractivity (Wildman–Crippen MR) is 99.9 cm³/mol. The fraction of sp³-hybridized carbons (Fsp3) is 0.350. The fourth-order valence-electron chi connectivity index (χ4n) is 3.16. The maximum Gasteiger partial charge on any atom is 0.317 e. The van der Waals surface area contributed by atoms with Gasteiger partial charge in [0.2, 0.25) is 0 Å². The first-order chi connectivity index (χ1) is 13.0. The number of aromatic nitrogens is 1. The van der Waals surface area contributed by atoms with Crippen LogP contribution in [0.15, 0.2) is 48.8 Å². The molecule has 0 atom stereocenters. The van der Waals surface area contributed by atoms with Crippen molar-refractivity contribution in [3.8, 4) is 11.5 Å². The summed E-state index contributed by atoms with van der Waals surface area (Å²) in [5, 5.41) is 11.9. The van der Waals surface area contributed by atoms with Crippen molar-refractivity contribution in [1.82, 2.24) is 15.2 Å². The summed E-state index contributed by atoms with van der Waals surface area (Å²) < 4.78 is 5.66. The number of aliphatic carboxylic acids is 1. The van der Waals surface area contributed by atoms with E-state index in [1.54, 1.807) is 42.7 Å². The summed E-state index contributed by atoms with van der Waals surface area (Å²) in [6.45, 7) is 2.68. The number of carbonyl (C=O) groups excluding carboxylic acids is 1. The summed E-state index contributed by atoms with van der Waals surface area (Å²) in [5.74, 6) is 0.318. The minimum atomic E-state index is -0.821. The molecule has 0 spiro atoms. The van der Waals surface area contributed by atoms with E-state index in [2.05, 4.69) is 10.3 Å². The molecule has 0 bridgehead atoms. The van der Waals surface area contributed by atoms with Crippen molar-refractivity contribution in [2.75, 3.05) is 13.1 Å². The molecule has 1 aliphatic carbocycles. The van der Waals surface area contributed by atoms with Gasteiger partial charge in [-0.05, 0) is 55.8 Å². The Hall–Kier alpha value is -2.93. The van der Waals surface area contributed by atoms with Crippen LogP contribution in [0.25, 0.3) is 0 Å². The number of hydrogen-bond acceptors (Lipinski definition) is 5. The zero-order chi connectivity index (χ0) is 19.2. The van der Waals surface area contributed by atoms with Gasteiger partial charge in [-0.3, -0.25) is 19.5 Å². The third-order valence-corrected chi connectivity index (χ3v) is 4.70. The van der Waals surface area contributed by atoms with Gasteiger partial charge in [0.1, 0.15) is 11.5 Å². The summed E-state index contributed by atoms with van der Waals surface area (Å²) in [5.41, 5.74) is 0.565. The summed E-state index contributed by atoms with van der Waals surface area (Å²) in [6.07, 6.45) is 4.84. The maximum absolute atomic E-state index is 12.4. The molecule has 7 heteroatoms. The highest BCUT2D eigenvalue weighted by molar-refractivity contribution is 5.94. The second-order valence-corrected chi connectivity index (χ2v) is 6.57. The van der Waals surface area contributed by atoms with Crippen molar-refractivity contribution >= 4 is 11.9 Å². The Morgan fingerprint density at radius 1 is 1.22 bits per heavy atom. The number of carbonyl (C=O) groups is 2. The lowest BCUT2D eigenvalue weighted by molar-refractivity contribution is -0.139. The molecule has 1 saturated carbocycles. The molecule has 1 amide bonds. The number of rotatable bonds is 8. The molecule has 7 nitrogen and oxygen atoms in total. The molecule has 1 heterocycles. The molecule has 1 aliphatic rings. The zero-order valence-electron chi connectivity index (χ0n) is 15.2. The van der Waals surface area contributed by atoms with E-state index in [1.807, 2.05) is 17.9 Å². The predicted octanol–water partition coefficient (Wildman–Crippen LogP) is 2.54. The summed E-state index contributed by atoms with van der Waals surface area (Å²) in [6, 6.07) is 10.8. The second kappa shape index (κ2) is 8.64. The fourth-order valence-corrected chi connectivity index (χ4v) is 3.16. The Morgan fingerprint density at radius 3 is 2.56 bits per heavy atom. The average molecular weight is 369 g/mol. The number of pyridine rings is 1. The second-order valence-electron chi connectivity index (χ2n) is 6.57. The van der Waals surface area contributed by atoms with Crippen LogP contribution in [0.1, 0.15) is 30.1 Å². The summed E-state index contributed by atoms with van der Waals surface area (Å²) in [4.78, 5) is 29.2. The Kier molecular flexibility index (Phi) is 6.03. The number of nitrogens with one attached hydrogen (secondary N) is 1. The van der Waals surface area contributed by atoms with Crippen LogP contribution in [0.2, 0.25) is 0 Å². The van der Waals surface area contributed by atoms with E-state index in [4.69, 9.17) is 9.84 Å². The number of carboxylic acids is 1. The monoisotopic (exact) mass is 369 g/mol. The molecule has 3 rings (SSSR count). The molecule has 2 N–H and O–H groups in total. The SMILES string of the molecule is CCN(CC(=O)O)C1CC(NC(=O)c2ccc(Oc3cccnc3)cc2)C1. The van der Waals surface area contributed by atoms with Crippen molar-refractivity contribution in [2.24, 2.45) is 0 Å². The Morgan fingerprint density at radius 2 is 1.96 bits per heavy atom. The highest BCUT2D eigenvalue weighted by Gasteiger charge is 2.34. The standard InChI is InChI=1S/C20H23N3O4/c1-2-23(13-19(24)25)16-10-15(11-16)22-20(26)14-5-7-17(8-6-14)27-18-4-3-9-21-12-18/h3-9,12,15-16H,2,10-11,13H2,1H3,(H,22,26)(H,24,25). The van der Waals surface area contributed by atoms with Crippen molar-refractivity contribution in [3.63, 3.8) is 0 Å². The number of amides is 1. The first kappa shape index (κ1) is 18.8. The maximum atomic E-state index is 12.4. The Labute approximate surface area is 158 Å². The molecule has 27 heavy (non-hydrogen) atoms. The molecule has 142 valence electrons. The lowest BCUT2D eigenvalue weighted by atomic mass is 9.85. The van der Waals surface area contributed by atoms with Gasteiger partial charge in [-0.15, -0.1) is 0 Å². The molecular formula is C20H23N3O4. The van der Waals surface area contributed by atoms with Crippen LogP contribution in [0.3, 0.4) is 0 Å². The first-order valence-electron chi connectivity index (χ1n) is 8.99. The first-order valence-corrected chi connectivity index (χ1v) is 8.99. The molecule has 0 unspecified atom stereocenters. The van der Waals surface area contributed by atoms with Gasteiger partial charge < -0.3 is 15.2 Å². The molecule has 0 radical (unpaired) electrons. The number of carboxylic acid groups (broad SMARTS) is 1. The van der Waals surface area contributed by atoms with Gasteiger partial charge in [0.05, 0.1) is 12.7 Å².